The van der Waals surface area contributed by atoms with E-state index in [0.717, 1.165) is 51.8 Å². The minimum absolute atomic E-state index is 0.0350. The minimum Gasteiger partial charge on any atom is -0.376 e. The van der Waals surface area contributed by atoms with Crippen LogP contribution in [-0.4, -0.2) is 49.1 Å². The fourth-order valence-corrected chi connectivity index (χ4v) is 4.57. The number of ether oxygens (including phenoxy) is 1. The number of likely N-dealkylation sites (tertiary alicyclic amines) is 1. The third-order valence-electron chi connectivity index (χ3n) is 5.04. The number of piperidine rings is 1. The summed E-state index contributed by atoms with van der Waals surface area (Å²) in [4.78, 5) is 26.9. The summed E-state index contributed by atoms with van der Waals surface area (Å²) >= 11 is 7.45. The van der Waals surface area contributed by atoms with Gasteiger partial charge in [-0.1, -0.05) is 11.6 Å². The molecular weight excluding hydrogens is 360 g/mol. The summed E-state index contributed by atoms with van der Waals surface area (Å²) < 4.78 is 5.51. The fourth-order valence-electron chi connectivity index (χ4n) is 3.47. The molecule has 7 heteroatoms. The summed E-state index contributed by atoms with van der Waals surface area (Å²) in [6.07, 6.45) is 5.68. The van der Waals surface area contributed by atoms with E-state index in [1.165, 1.54) is 11.3 Å². The molecule has 3 heterocycles. The van der Waals surface area contributed by atoms with Crippen molar-refractivity contribution in [1.82, 2.24) is 10.2 Å². The second-order valence-corrected chi connectivity index (χ2v) is 8.13. The molecule has 0 bridgehead atoms. The highest BCUT2D eigenvalue weighted by Gasteiger charge is 2.26. The number of nitrogens with zero attached hydrogens (tertiary/aromatic N) is 1. The summed E-state index contributed by atoms with van der Waals surface area (Å²) in [5, 5.41) is 5.36. The first kappa shape index (κ1) is 18.7. The number of hydrogen-bond acceptors (Lipinski definition) is 4. The molecule has 0 radical (unpaired) electrons. The maximum atomic E-state index is 12.4. The Kier molecular flexibility index (Phi) is 6.73. The first-order valence-electron chi connectivity index (χ1n) is 9.04. The third kappa shape index (κ3) is 5.19. The zero-order valence-electron chi connectivity index (χ0n) is 14.3. The lowest BCUT2D eigenvalue weighted by molar-refractivity contribution is -0.122. The zero-order valence-corrected chi connectivity index (χ0v) is 15.9. The van der Waals surface area contributed by atoms with Crippen LogP contribution in [0.3, 0.4) is 0 Å². The molecule has 0 unspecified atom stereocenters. The number of halogens is 1. The van der Waals surface area contributed by atoms with Gasteiger partial charge in [0.15, 0.2) is 0 Å². The van der Waals surface area contributed by atoms with Crippen LogP contribution in [-0.2, 0) is 9.53 Å². The van der Waals surface area contributed by atoms with Crippen molar-refractivity contribution in [1.29, 1.82) is 0 Å². The van der Waals surface area contributed by atoms with Crippen molar-refractivity contribution in [2.75, 3.05) is 26.2 Å². The zero-order chi connectivity index (χ0) is 17.6. The maximum Gasteiger partial charge on any atom is 0.265 e. The second-order valence-electron chi connectivity index (χ2n) is 6.81. The third-order valence-corrected chi connectivity index (χ3v) is 6.37. The molecule has 0 saturated carbocycles. The van der Waals surface area contributed by atoms with Crippen LogP contribution >= 0.6 is 22.9 Å². The van der Waals surface area contributed by atoms with Gasteiger partial charge in [0, 0.05) is 32.7 Å². The van der Waals surface area contributed by atoms with Crippen LogP contribution in [0.2, 0.25) is 5.02 Å². The van der Waals surface area contributed by atoms with Crippen LogP contribution in [0.15, 0.2) is 11.4 Å². The van der Waals surface area contributed by atoms with E-state index in [0.29, 0.717) is 28.8 Å². The van der Waals surface area contributed by atoms with Gasteiger partial charge in [0.25, 0.3) is 5.91 Å². The molecule has 3 rings (SSSR count). The first-order chi connectivity index (χ1) is 12.1. The van der Waals surface area contributed by atoms with E-state index in [-0.39, 0.29) is 17.9 Å². The van der Waals surface area contributed by atoms with Gasteiger partial charge in [0.2, 0.25) is 5.91 Å². The van der Waals surface area contributed by atoms with Gasteiger partial charge in [-0.2, -0.15) is 0 Å². The molecule has 5 nitrogen and oxygen atoms in total. The van der Waals surface area contributed by atoms with Crippen molar-refractivity contribution >= 4 is 34.8 Å². The molecule has 0 aliphatic carbocycles. The van der Waals surface area contributed by atoms with Crippen LogP contribution < -0.4 is 5.32 Å². The van der Waals surface area contributed by atoms with E-state index in [1.54, 1.807) is 6.07 Å². The molecule has 2 saturated heterocycles. The van der Waals surface area contributed by atoms with Crippen LogP contribution in [0.25, 0.3) is 0 Å². The van der Waals surface area contributed by atoms with Gasteiger partial charge >= 0.3 is 0 Å². The van der Waals surface area contributed by atoms with E-state index >= 15 is 0 Å². The Morgan fingerprint density at radius 3 is 2.76 bits per heavy atom. The van der Waals surface area contributed by atoms with E-state index in [2.05, 4.69) is 5.32 Å². The summed E-state index contributed by atoms with van der Waals surface area (Å²) in [6.45, 7) is 2.94. The lowest BCUT2D eigenvalue weighted by atomic mass is 9.92. The molecule has 2 fully saturated rings. The summed E-state index contributed by atoms with van der Waals surface area (Å²) in [5.74, 6) is 0.656. The molecule has 0 aromatic carbocycles. The number of amides is 2. The normalized spacial score (nSPS) is 21.5. The second kappa shape index (κ2) is 9.01. The highest BCUT2D eigenvalue weighted by atomic mass is 35.5. The van der Waals surface area contributed by atoms with Crippen LogP contribution in [0.5, 0.6) is 0 Å². The lowest BCUT2D eigenvalue weighted by Gasteiger charge is -2.31. The number of thiophene rings is 1. The highest BCUT2D eigenvalue weighted by Crippen LogP contribution is 2.27. The molecule has 1 aromatic rings. The number of nitrogens with one attached hydrogen (secondary N) is 1. The van der Waals surface area contributed by atoms with Gasteiger partial charge < -0.3 is 15.0 Å². The lowest BCUT2D eigenvalue weighted by Crippen LogP contribution is -2.38. The topological polar surface area (TPSA) is 58.6 Å². The van der Waals surface area contributed by atoms with Gasteiger partial charge in [-0.25, -0.2) is 0 Å². The van der Waals surface area contributed by atoms with Crippen molar-refractivity contribution < 1.29 is 14.3 Å². The van der Waals surface area contributed by atoms with Crippen molar-refractivity contribution in [3.05, 3.63) is 21.3 Å². The SMILES string of the molecule is O=C(CCC1CCN(C(=O)c2sccc2Cl)CC1)NC[C@H]1CCCO1. The molecule has 2 amide bonds. The Labute approximate surface area is 157 Å². The fraction of sp³-hybridized carbons (Fsp3) is 0.667. The van der Waals surface area contributed by atoms with Crippen molar-refractivity contribution in [3.8, 4) is 0 Å². The predicted molar refractivity (Wildman–Crippen MR) is 99.2 cm³/mol. The number of carbonyl (C=O) groups is 2. The van der Waals surface area contributed by atoms with Gasteiger partial charge in [-0.15, -0.1) is 11.3 Å². The predicted octanol–water partition coefficient (Wildman–Crippen LogP) is 3.33. The smallest absolute Gasteiger partial charge is 0.265 e. The van der Waals surface area contributed by atoms with Crippen molar-refractivity contribution in [3.63, 3.8) is 0 Å². The first-order valence-corrected chi connectivity index (χ1v) is 10.3. The monoisotopic (exact) mass is 384 g/mol. The van der Waals surface area contributed by atoms with Crippen molar-refractivity contribution in [2.45, 2.75) is 44.6 Å². The molecule has 0 spiro atoms. The number of carbonyl (C=O) groups excluding carboxylic acids is 2. The summed E-state index contributed by atoms with van der Waals surface area (Å²) in [7, 11) is 0. The molecule has 25 heavy (non-hydrogen) atoms. The van der Waals surface area contributed by atoms with Gasteiger partial charge in [0.1, 0.15) is 4.88 Å². The van der Waals surface area contributed by atoms with Gasteiger partial charge in [-0.3, -0.25) is 9.59 Å². The molecule has 1 aromatic heterocycles. The minimum atomic E-state index is 0.0350. The van der Waals surface area contributed by atoms with E-state index in [1.807, 2.05) is 10.3 Å². The van der Waals surface area contributed by atoms with E-state index in [9.17, 15) is 9.59 Å². The van der Waals surface area contributed by atoms with Crippen LogP contribution in [0.4, 0.5) is 0 Å². The van der Waals surface area contributed by atoms with E-state index in [4.69, 9.17) is 16.3 Å². The van der Waals surface area contributed by atoms with E-state index < -0.39 is 0 Å². The molecular formula is C18H25ClN2O3S. The average Bonchev–Trinajstić information content (AvgIpc) is 3.29. The standard InChI is InChI=1S/C18H25ClN2O3S/c19-15-7-11-25-17(15)18(23)21-8-5-13(6-9-21)3-4-16(22)20-12-14-2-1-10-24-14/h7,11,13-14H,1-6,8-10,12H2,(H,20,22)/t14-/m1/s1. The van der Waals surface area contributed by atoms with Gasteiger partial charge in [-0.05, 0) is 49.5 Å². The maximum absolute atomic E-state index is 12.4. The Bertz CT molecular complexity index is 593. The molecule has 2 aliphatic rings. The quantitative estimate of drug-likeness (QED) is 0.818. The average molecular weight is 385 g/mol. The Morgan fingerprint density at radius 1 is 1.32 bits per heavy atom. The summed E-state index contributed by atoms with van der Waals surface area (Å²) in [5.41, 5.74) is 0. The number of rotatable bonds is 6. The Morgan fingerprint density at radius 2 is 2.12 bits per heavy atom. The molecule has 1 N–H and O–H groups in total. The Balaban J connectivity index is 1.34. The van der Waals surface area contributed by atoms with Crippen molar-refractivity contribution in [2.24, 2.45) is 5.92 Å². The van der Waals surface area contributed by atoms with Gasteiger partial charge in [0.05, 0.1) is 11.1 Å². The largest absolute Gasteiger partial charge is 0.376 e. The van der Waals surface area contributed by atoms with Crippen LogP contribution in [0, 0.1) is 5.92 Å². The highest BCUT2D eigenvalue weighted by molar-refractivity contribution is 7.12. The van der Waals surface area contributed by atoms with Crippen LogP contribution in [0.1, 0.15) is 48.2 Å². The number of hydrogen-bond donors (Lipinski definition) is 1. The molecule has 2 aliphatic heterocycles. The summed E-state index contributed by atoms with van der Waals surface area (Å²) in [6, 6.07) is 1.77. The Hall–Kier alpha value is -1.11. The molecule has 1 atom stereocenters. The molecule has 138 valence electrons.